The molecule has 45 heavy (non-hydrogen) atoms. The zero-order chi connectivity index (χ0) is 33.6. The molecule has 0 fully saturated rings. The fourth-order valence-electron chi connectivity index (χ4n) is 2.59. The number of carbonyl (C=O) groups excluding carboxylic acids is 8. The Kier molecular flexibility index (Phi) is 26.6. The van der Waals surface area contributed by atoms with E-state index in [1.807, 2.05) is 0 Å². The van der Waals surface area contributed by atoms with Crippen LogP contribution in [0.3, 0.4) is 0 Å². The third-order valence-corrected chi connectivity index (χ3v) is 4.34. The van der Waals surface area contributed by atoms with Gasteiger partial charge in [0, 0.05) is 49.6 Å². The van der Waals surface area contributed by atoms with Crippen molar-refractivity contribution in [2.45, 2.75) is 61.9 Å². The standard InChI is InChI=1S/2C10H12O11.3Mg/c2*11-4(1-5(12)13)8(18)21-10(9(19)20,2-6(14)15)3-7(16)17;;;/h2*4,11H,1-3H2,(H,12,13)(H,14,15)(H,16,17)(H,19,20);;;/q;;3*+2/p-6. The zero-order valence-corrected chi connectivity index (χ0v) is 26.9. The first-order valence-corrected chi connectivity index (χ1v) is 10.5. The average Bonchev–Trinajstić information content (AvgIpc) is 2.76. The molecule has 0 bridgehead atoms. The second-order valence-corrected chi connectivity index (χ2v) is 7.83. The van der Waals surface area contributed by atoms with Crippen LogP contribution in [0.1, 0.15) is 38.5 Å². The van der Waals surface area contributed by atoms with E-state index in [4.69, 9.17) is 20.4 Å². The van der Waals surface area contributed by atoms with Gasteiger partial charge in [0.2, 0.25) is 0 Å². The number of carboxylic acid groups (broad SMARTS) is 8. The second-order valence-electron chi connectivity index (χ2n) is 7.83. The molecule has 0 saturated heterocycles. The number of aliphatic carboxylic acids is 8. The van der Waals surface area contributed by atoms with Gasteiger partial charge in [-0.1, -0.05) is 0 Å². The summed E-state index contributed by atoms with van der Waals surface area (Å²) in [6.07, 6.45) is -13.3. The molecule has 0 aliphatic heterocycles. The Bertz CT molecular complexity index is 1000. The van der Waals surface area contributed by atoms with Crippen LogP contribution < -0.4 is 30.6 Å². The van der Waals surface area contributed by atoms with E-state index in [1.54, 1.807) is 0 Å². The summed E-state index contributed by atoms with van der Waals surface area (Å²) in [7, 11) is 0. The fourth-order valence-corrected chi connectivity index (χ4v) is 2.59. The maximum Gasteiger partial charge on any atom is 2.00 e. The van der Waals surface area contributed by atoms with Crippen molar-refractivity contribution in [1.29, 1.82) is 0 Å². The molecule has 0 amide bonds. The molecule has 25 heteroatoms. The van der Waals surface area contributed by atoms with Crippen LogP contribution in [0.2, 0.25) is 0 Å². The topological polar surface area (TPSA) is 408 Å². The van der Waals surface area contributed by atoms with Crippen LogP contribution in [0.15, 0.2) is 0 Å². The van der Waals surface area contributed by atoms with Gasteiger partial charge in [0.1, 0.15) is 0 Å². The van der Waals surface area contributed by atoms with Gasteiger partial charge in [-0.05, 0) is 0 Å². The smallest absolute Gasteiger partial charge is 0.550 e. The number of hydrogen-bond acceptors (Lipinski definition) is 20. The first kappa shape index (κ1) is 51.5. The van der Waals surface area contributed by atoms with Crippen LogP contribution in [-0.2, 0) is 57.4 Å². The van der Waals surface area contributed by atoms with E-state index >= 15 is 0 Å². The molecule has 0 aromatic heterocycles. The van der Waals surface area contributed by atoms with E-state index in [2.05, 4.69) is 9.47 Å². The summed E-state index contributed by atoms with van der Waals surface area (Å²) in [5.74, 6) is -20.1. The number of hydrogen-bond donors (Lipinski definition) is 4. The number of carboxylic acids is 8. The predicted molar refractivity (Wildman–Crippen MR) is 120 cm³/mol. The zero-order valence-electron chi connectivity index (χ0n) is 22.7. The number of esters is 2. The predicted octanol–water partition coefficient (Wildman–Crippen LogP) is -12.9. The molecule has 2 atom stereocenters. The summed E-state index contributed by atoms with van der Waals surface area (Å²) in [5.41, 5.74) is -6.37. The van der Waals surface area contributed by atoms with Crippen LogP contribution in [-0.4, -0.2) is 173 Å². The summed E-state index contributed by atoms with van der Waals surface area (Å²) in [6, 6.07) is 0. The van der Waals surface area contributed by atoms with Crippen molar-refractivity contribution in [1.82, 2.24) is 0 Å². The first-order chi connectivity index (χ1) is 19.0. The molecule has 0 aliphatic carbocycles. The fraction of sp³-hybridized carbons (Fsp3) is 0.500. The molecule has 236 valence electrons. The van der Waals surface area contributed by atoms with Gasteiger partial charge in [0.05, 0.1) is 24.8 Å². The summed E-state index contributed by atoms with van der Waals surface area (Å²) in [6.45, 7) is 0. The third kappa shape index (κ3) is 20.5. The Labute approximate surface area is 297 Å². The molecule has 0 aromatic rings. The van der Waals surface area contributed by atoms with Crippen molar-refractivity contribution in [3.63, 3.8) is 0 Å². The molecular weight excluding hydrogens is 665 g/mol. The van der Waals surface area contributed by atoms with Crippen molar-refractivity contribution in [2.75, 3.05) is 0 Å². The summed E-state index contributed by atoms with van der Waals surface area (Å²) < 4.78 is 8.26. The van der Waals surface area contributed by atoms with E-state index in [1.165, 1.54) is 0 Å². The first-order valence-electron chi connectivity index (χ1n) is 10.5. The Morgan fingerprint density at radius 1 is 0.489 bits per heavy atom. The van der Waals surface area contributed by atoms with Gasteiger partial charge in [-0.25, -0.2) is 9.59 Å². The van der Waals surface area contributed by atoms with Crippen LogP contribution in [0.25, 0.3) is 0 Å². The van der Waals surface area contributed by atoms with Crippen LogP contribution in [0.5, 0.6) is 0 Å². The Morgan fingerprint density at radius 3 is 0.822 bits per heavy atom. The molecule has 22 nitrogen and oxygen atoms in total. The van der Waals surface area contributed by atoms with Gasteiger partial charge >= 0.3 is 93.0 Å². The third-order valence-electron chi connectivity index (χ3n) is 4.34. The number of aliphatic hydroxyl groups is 2. The molecule has 2 unspecified atom stereocenters. The van der Waals surface area contributed by atoms with Crippen molar-refractivity contribution in [3.8, 4) is 0 Å². The van der Waals surface area contributed by atoms with Crippen LogP contribution in [0.4, 0.5) is 0 Å². The van der Waals surface area contributed by atoms with E-state index in [-0.39, 0.29) is 69.2 Å². The van der Waals surface area contributed by atoms with E-state index in [9.17, 15) is 78.6 Å². The Morgan fingerprint density at radius 2 is 0.689 bits per heavy atom. The summed E-state index contributed by atoms with van der Waals surface area (Å²) >= 11 is 0. The summed E-state index contributed by atoms with van der Waals surface area (Å²) in [4.78, 5) is 107. The van der Waals surface area contributed by atoms with Crippen LogP contribution in [0, 0.1) is 0 Å². The number of aliphatic hydroxyl groups excluding tert-OH is 2. The van der Waals surface area contributed by atoms with E-state index in [0.717, 1.165) is 0 Å². The Hall–Kier alpha value is -3.08. The molecule has 0 rings (SSSR count). The maximum atomic E-state index is 11.3. The largest absolute Gasteiger partial charge is 2.00 e. The normalized spacial score (nSPS) is 11.4. The van der Waals surface area contributed by atoms with Crippen molar-refractivity contribution in [3.05, 3.63) is 0 Å². The van der Waals surface area contributed by atoms with Gasteiger partial charge < -0.3 is 89.3 Å². The quantitative estimate of drug-likeness (QED) is 0.0769. The van der Waals surface area contributed by atoms with E-state index < -0.39 is 122 Å². The second kappa shape index (κ2) is 23.3. The van der Waals surface area contributed by atoms with Crippen molar-refractivity contribution >= 4 is 129 Å². The molecule has 0 aromatic carbocycles. The van der Waals surface area contributed by atoms with Gasteiger partial charge in [0.25, 0.3) is 0 Å². The molecule has 0 aliphatic rings. The molecule has 0 spiro atoms. The number of rotatable bonds is 18. The molecule has 4 N–H and O–H groups in total. The van der Waals surface area contributed by atoms with Gasteiger partial charge in [-0.3, -0.25) is 9.59 Å². The maximum absolute atomic E-state index is 11.3. The molecule has 0 saturated carbocycles. The van der Waals surface area contributed by atoms with Crippen molar-refractivity contribution < 1.29 is 108 Å². The number of ether oxygens (including phenoxy) is 2. The van der Waals surface area contributed by atoms with Gasteiger partial charge in [0.15, 0.2) is 23.4 Å². The minimum Gasteiger partial charge on any atom is -0.550 e. The molecular formula is C20H18Mg3O22. The summed E-state index contributed by atoms with van der Waals surface area (Å²) in [5, 5.41) is 98.5. The SMILES string of the molecule is O=C([O-])CC(CC(=O)[O-])(OC(=O)C(O)CC(=O)O)C(=O)[O-].O=C([O-])CC(CC(=O)[O-])(OC(=O)C(O)CC(=O)O)C(=O)[O-].[Mg+2].[Mg+2].[Mg+2]. The number of carbonyl (C=O) groups is 10. The average molecular weight is 683 g/mol. The minimum atomic E-state index is -3.19. The molecule has 0 heterocycles. The Balaban J connectivity index is -0.000000222. The monoisotopic (exact) mass is 682 g/mol. The van der Waals surface area contributed by atoms with Gasteiger partial charge in [-0.15, -0.1) is 0 Å². The van der Waals surface area contributed by atoms with Gasteiger partial charge in [-0.2, -0.15) is 0 Å². The minimum absolute atomic E-state index is 0. The van der Waals surface area contributed by atoms with Crippen molar-refractivity contribution in [2.24, 2.45) is 0 Å². The van der Waals surface area contributed by atoms with Crippen LogP contribution >= 0.6 is 0 Å². The van der Waals surface area contributed by atoms with E-state index in [0.29, 0.717) is 0 Å². The molecule has 0 radical (unpaired) electrons.